The van der Waals surface area contributed by atoms with Gasteiger partial charge in [0.15, 0.2) is 0 Å². The third kappa shape index (κ3) is 3.95. The van der Waals surface area contributed by atoms with Gasteiger partial charge in [-0.1, -0.05) is 0 Å². The zero-order valence-electron chi connectivity index (χ0n) is 15.9. The van der Waals surface area contributed by atoms with Gasteiger partial charge in [-0.3, -0.25) is 14.6 Å². The number of ether oxygens (including phenoxy) is 2. The van der Waals surface area contributed by atoms with E-state index in [2.05, 4.69) is 9.72 Å². The number of cyclic esters (lactones) is 1. The average Bonchev–Trinajstić information content (AvgIpc) is 2.95. The Morgan fingerprint density at radius 1 is 1.33 bits per heavy atom. The molecule has 1 amide bonds. The largest absolute Gasteiger partial charge is 0.465 e. The number of piperidine rings is 1. The number of methoxy groups -OCH3 is 1. The number of carbonyl (C=O) groups is 3. The third-order valence-electron chi connectivity index (χ3n) is 5.31. The average molecular weight is 375 g/mol. The summed E-state index contributed by atoms with van der Waals surface area (Å²) in [6.07, 6.45) is 3.16. The van der Waals surface area contributed by atoms with Crippen molar-refractivity contribution in [2.24, 2.45) is 5.41 Å². The van der Waals surface area contributed by atoms with Crippen LogP contribution in [-0.4, -0.2) is 79.6 Å². The molecular weight excluding hydrogens is 350 g/mol. The van der Waals surface area contributed by atoms with Crippen LogP contribution in [0.25, 0.3) is 0 Å². The number of likely N-dealkylation sites (N-methyl/N-ethyl adjacent to an activating group) is 1. The molecule has 146 valence electrons. The highest BCUT2D eigenvalue weighted by Gasteiger charge is 2.50. The lowest BCUT2D eigenvalue weighted by Crippen LogP contribution is -2.45. The summed E-state index contributed by atoms with van der Waals surface area (Å²) in [5, 5.41) is 0. The maximum atomic E-state index is 12.7. The van der Waals surface area contributed by atoms with Crippen molar-refractivity contribution in [1.82, 2.24) is 14.8 Å². The van der Waals surface area contributed by atoms with Crippen LogP contribution in [-0.2, 0) is 14.3 Å². The lowest BCUT2D eigenvalue weighted by atomic mass is 9.76. The minimum atomic E-state index is -0.492. The highest BCUT2D eigenvalue weighted by atomic mass is 16.6. The van der Waals surface area contributed by atoms with E-state index in [0.29, 0.717) is 44.5 Å². The van der Waals surface area contributed by atoms with Crippen LogP contribution in [0.15, 0.2) is 18.3 Å². The fourth-order valence-electron chi connectivity index (χ4n) is 3.81. The van der Waals surface area contributed by atoms with Gasteiger partial charge in [0.2, 0.25) is 0 Å². The number of pyridine rings is 1. The smallest absolute Gasteiger partial charge is 0.339 e. The number of rotatable bonds is 4. The molecule has 0 radical (unpaired) electrons. The number of hydrogen-bond donors (Lipinski definition) is 0. The first-order valence-electron chi connectivity index (χ1n) is 9.04. The molecule has 2 aliphatic rings. The molecule has 0 bridgehead atoms. The first-order chi connectivity index (χ1) is 12.8. The molecule has 1 spiro atoms. The topological polar surface area (TPSA) is 89.0 Å². The van der Waals surface area contributed by atoms with Crippen molar-refractivity contribution in [3.63, 3.8) is 0 Å². The lowest BCUT2D eigenvalue weighted by molar-refractivity contribution is -0.150. The van der Waals surface area contributed by atoms with Crippen LogP contribution in [0.5, 0.6) is 0 Å². The molecule has 2 saturated heterocycles. The Hall–Kier alpha value is -2.48. The maximum Gasteiger partial charge on any atom is 0.339 e. The summed E-state index contributed by atoms with van der Waals surface area (Å²) in [5.74, 6) is -0.826. The molecule has 2 fully saturated rings. The Balaban J connectivity index is 1.61. The van der Waals surface area contributed by atoms with Crippen LogP contribution in [0.4, 0.5) is 0 Å². The van der Waals surface area contributed by atoms with Crippen LogP contribution >= 0.6 is 0 Å². The van der Waals surface area contributed by atoms with E-state index in [1.165, 1.54) is 25.4 Å². The highest BCUT2D eigenvalue weighted by Crippen LogP contribution is 2.43. The summed E-state index contributed by atoms with van der Waals surface area (Å²) in [4.78, 5) is 44.3. The normalized spacial score (nSPS) is 21.4. The molecule has 1 aromatic rings. The predicted molar refractivity (Wildman–Crippen MR) is 96.2 cm³/mol. The molecule has 3 rings (SSSR count). The number of carbonyl (C=O) groups excluding carboxylic acids is 3. The Kier molecular flexibility index (Phi) is 5.46. The minimum absolute atomic E-state index is 0.0812. The van der Waals surface area contributed by atoms with Crippen molar-refractivity contribution >= 4 is 17.8 Å². The van der Waals surface area contributed by atoms with Crippen molar-refractivity contribution in [3.8, 4) is 0 Å². The van der Waals surface area contributed by atoms with E-state index in [1.807, 2.05) is 19.0 Å². The molecular formula is C19H25N3O5. The molecule has 0 aliphatic carbocycles. The highest BCUT2D eigenvalue weighted by molar-refractivity contribution is 5.94. The number of hydrogen-bond acceptors (Lipinski definition) is 7. The van der Waals surface area contributed by atoms with E-state index >= 15 is 0 Å². The van der Waals surface area contributed by atoms with Crippen molar-refractivity contribution in [1.29, 1.82) is 0 Å². The minimum Gasteiger partial charge on any atom is -0.465 e. The summed E-state index contributed by atoms with van der Waals surface area (Å²) in [6, 6.07) is 3.05. The molecule has 0 saturated carbocycles. The van der Waals surface area contributed by atoms with E-state index in [-0.39, 0.29) is 23.7 Å². The van der Waals surface area contributed by atoms with Gasteiger partial charge >= 0.3 is 11.9 Å². The third-order valence-corrected chi connectivity index (χ3v) is 5.31. The second kappa shape index (κ2) is 7.64. The van der Waals surface area contributed by atoms with E-state index in [1.54, 1.807) is 4.90 Å². The SMILES string of the molecule is COC(=O)c1ccc(C(=O)N2CCC3(CC2)CC(CN(C)C)OC3=O)nc1. The molecule has 1 atom stereocenters. The van der Waals surface area contributed by atoms with Crippen LogP contribution in [0.2, 0.25) is 0 Å². The second-order valence-corrected chi connectivity index (χ2v) is 7.49. The second-order valence-electron chi connectivity index (χ2n) is 7.49. The molecule has 2 aliphatic heterocycles. The molecule has 27 heavy (non-hydrogen) atoms. The van der Waals surface area contributed by atoms with Gasteiger partial charge in [-0.2, -0.15) is 0 Å². The van der Waals surface area contributed by atoms with E-state index < -0.39 is 11.4 Å². The Labute approximate surface area is 158 Å². The van der Waals surface area contributed by atoms with Crippen molar-refractivity contribution < 1.29 is 23.9 Å². The van der Waals surface area contributed by atoms with E-state index in [0.717, 1.165) is 0 Å². The van der Waals surface area contributed by atoms with Crippen LogP contribution < -0.4 is 0 Å². The van der Waals surface area contributed by atoms with Crippen LogP contribution in [0.3, 0.4) is 0 Å². The van der Waals surface area contributed by atoms with Crippen molar-refractivity contribution in [2.75, 3.05) is 40.8 Å². The zero-order chi connectivity index (χ0) is 19.6. The first kappa shape index (κ1) is 19.3. The van der Waals surface area contributed by atoms with Crippen LogP contribution in [0, 0.1) is 5.41 Å². The molecule has 1 aromatic heterocycles. The molecule has 3 heterocycles. The molecule has 8 nitrogen and oxygen atoms in total. The molecule has 8 heteroatoms. The van der Waals surface area contributed by atoms with Crippen molar-refractivity contribution in [2.45, 2.75) is 25.4 Å². The summed E-state index contributed by atoms with van der Waals surface area (Å²) in [6.45, 7) is 1.69. The van der Waals surface area contributed by atoms with Gasteiger partial charge in [-0.25, -0.2) is 4.79 Å². The monoisotopic (exact) mass is 375 g/mol. The molecule has 1 unspecified atom stereocenters. The number of aromatic nitrogens is 1. The Bertz CT molecular complexity index is 723. The van der Waals surface area contributed by atoms with Gasteiger partial charge in [-0.15, -0.1) is 0 Å². The molecule has 0 N–H and O–H groups in total. The molecule has 0 aromatic carbocycles. The first-order valence-corrected chi connectivity index (χ1v) is 9.04. The summed E-state index contributed by atoms with van der Waals surface area (Å²) < 4.78 is 10.2. The summed E-state index contributed by atoms with van der Waals surface area (Å²) >= 11 is 0. The number of likely N-dealkylation sites (tertiary alicyclic amines) is 1. The van der Waals surface area contributed by atoms with Gasteiger partial charge < -0.3 is 19.3 Å². The fourth-order valence-corrected chi connectivity index (χ4v) is 3.81. The van der Waals surface area contributed by atoms with Crippen LogP contribution in [0.1, 0.15) is 40.1 Å². The van der Waals surface area contributed by atoms with Crippen molar-refractivity contribution in [3.05, 3.63) is 29.6 Å². The van der Waals surface area contributed by atoms with E-state index in [9.17, 15) is 14.4 Å². The number of amides is 1. The Morgan fingerprint density at radius 2 is 2.04 bits per heavy atom. The van der Waals surface area contributed by atoms with E-state index in [4.69, 9.17) is 4.74 Å². The predicted octanol–water partition coefficient (Wildman–Crippen LogP) is 0.968. The zero-order valence-corrected chi connectivity index (χ0v) is 15.9. The summed E-state index contributed by atoms with van der Waals surface area (Å²) in [5.41, 5.74) is 0.102. The quantitative estimate of drug-likeness (QED) is 0.725. The van der Waals surface area contributed by atoms with Gasteiger partial charge in [0.05, 0.1) is 18.1 Å². The number of nitrogens with zero attached hydrogens (tertiary/aromatic N) is 3. The summed E-state index contributed by atoms with van der Waals surface area (Å²) in [7, 11) is 5.21. The number of esters is 2. The lowest BCUT2D eigenvalue weighted by Gasteiger charge is -2.36. The Morgan fingerprint density at radius 3 is 2.59 bits per heavy atom. The maximum absolute atomic E-state index is 12.7. The fraction of sp³-hybridized carbons (Fsp3) is 0.579. The van der Waals surface area contributed by atoms with Gasteiger partial charge in [0.1, 0.15) is 11.8 Å². The standard InChI is InChI=1S/C19H25N3O5/c1-21(2)12-14-10-19(18(25)27-14)6-8-22(9-7-19)16(23)15-5-4-13(11-20-15)17(24)26-3/h4-5,11,14H,6-10,12H2,1-3H3. The van der Waals surface area contributed by atoms with Gasteiger partial charge in [0, 0.05) is 32.3 Å². The van der Waals surface area contributed by atoms with Gasteiger partial charge in [-0.05, 0) is 39.1 Å². The van der Waals surface area contributed by atoms with Gasteiger partial charge in [0.25, 0.3) is 5.91 Å².